The van der Waals surface area contributed by atoms with E-state index in [4.69, 9.17) is 66.3 Å². The van der Waals surface area contributed by atoms with Crippen molar-refractivity contribution < 1.29 is 178 Å². The molecule has 0 aromatic rings. The van der Waals surface area contributed by atoms with Crippen LogP contribution in [-0.2, 0) is 80.7 Å². The van der Waals surface area contributed by atoms with Crippen LogP contribution in [0.2, 0.25) is 0 Å². The minimum atomic E-state index is -2.23. The summed E-state index contributed by atoms with van der Waals surface area (Å²) in [7, 11) is 0. The maximum Gasteiger partial charge on any atom is 0.335 e. The highest BCUT2D eigenvalue weighted by Gasteiger charge is 2.73. The zero-order valence-electron chi connectivity index (χ0n) is 60.5. The fraction of sp³-hybridized carbons (Fsp3) is 0.929. The first-order valence-corrected chi connectivity index (χ1v) is 36.9. The second-order valence-corrected chi connectivity index (χ2v) is 33.6. The summed E-state index contributed by atoms with van der Waals surface area (Å²) in [5, 5.41) is 210. The van der Waals surface area contributed by atoms with E-state index < -0.39 is 291 Å². The van der Waals surface area contributed by atoms with Gasteiger partial charge in [-0.05, 0) is 118 Å². The Bertz CT molecular complexity index is 3120. The molecule has 19 N–H and O–H groups in total. The van der Waals surface area contributed by atoms with Gasteiger partial charge in [0.1, 0.15) is 146 Å². The lowest BCUT2D eigenvalue weighted by Gasteiger charge is -2.71. The van der Waals surface area contributed by atoms with Crippen LogP contribution in [0, 0.1) is 50.2 Å². The van der Waals surface area contributed by atoms with E-state index in [1.165, 1.54) is 20.8 Å². The van der Waals surface area contributed by atoms with Gasteiger partial charge in [0.05, 0.1) is 55.8 Å². The quantitative estimate of drug-likeness (QED) is 0.0279. The van der Waals surface area contributed by atoms with Crippen molar-refractivity contribution in [2.75, 3.05) is 19.8 Å². The molecule has 7 saturated heterocycles. The first-order chi connectivity index (χ1) is 49.6. The number of ether oxygens (including phenoxy) is 14. The molecule has 36 heteroatoms. The summed E-state index contributed by atoms with van der Waals surface area (Å²) in [5.41, 5.74) is -4.89. The first-order valence-electron chi connectivity index (χ1n) is 36.9. The number of rotatable bonds is 17. The summed E-state index contributed by atoms with van der Waals surface area (Å²) in [6.07, 6.45) is -55.8. The second-order valence-electron chi connectivity index (χ2n) is 33.6. The van der Waals surface area contributed by atoms with Gasteiger partial charge < -0.3 is 168 Å². The molecule has 5 aliphatic carbocycles. The Morgan fingerprint density at radius 2 is 1.01 bits per heavy atom. The molecule has 0 radical (unpaired) electrons. The molecule has 4 saturated carbocycles. The van der Waals surface area contributed by atoms with Gasteiger partial charge in [0.15, 0.2) is 43.8 Å². The van der Waals surface area contributed by atoms with Gasteiger partial charge in [-0.2, -0.15) is 0 Å². The van der Waals surface area contributed by atoms with Crippen LogP contribution in [-0.4, -0.2) is 350 Å². The van der Waals surface area contributed by atoms with Gasteiger partial charge >= 0.3 is 11.9 Å². The summed E-state index contributed by atoms with van der Waals surface area (Å²) in [6.45, 7) is 14.5. The standard InChI is InChI=1S/C70H110O36/c1-24-36(76)40(80)45(85)59(95-24)103-53-49(89)62(97-26(3)51(53)101-60-47(87)42(82)50(25(2)96-60)100-57-43(83)37(77)29(73)21-93-57)106-64(92)70-17-16-65(4,5)18-28(70)27-10-11-33-66(6)14-13-35(67(7,23-72)32(66)12-15-68(33,8)69(27,9)19-34(70)75)99-63-55(105-61-46(86)41(81)39(79)31(20-71)98-61)52(48(88)54(104-63)56(90)91)102-58-44(84)38(78)30(74)22-94-58/h10,23-26,28-55,57-63,71,73-89H,11-22H2,1-9H3,(H,90,91)/t24?,25?,26-,28+,29?,30-,31-,32?,33?,34-,35+,36?,37?,38+,39+,40?,41+,42?,43?,44-,45?,46-,47?,48+,49-,50?,51+,52+,53-,54+,55-,57?,58+,59?,60?,61+,62+,63-,66+,67+,68-,69-,70-/m0/s1. The Hall–Kier alpha value is -2.89. The molecule has 12 rings (SSSR count). The number of carboxylic acid groups (broad SMARTS) is 1. The highest BCUT2D eigenvalue weighted by Crippen LogP contribution is 2.76. The summed E-state index contributed by atoms with van der Waals surface area (Å²) in [5.74, 6) is -4.10. The predicted molar refractivity (Wildman–Crippen MR) is 347 cm³/mol. The monoisotopic (exact) mass is 1530 g/mol. The van der Waals surface area contributed by atoms with Crippen LogP contribution in [0.5, 0.6) is 0 Å². The van der Waals surface area contributed by atoms with Crippen LogP contribution in [0.4, 0.5) is 0 Å². The zero-order valence-corrected chi connectivity index (χ0v) is 60.5. The molecule has 36 nitrogen and oxygen atoms in total. The molecule has 0 bridgehead atoms. The van der Waals surface area contributed by atoms with Crippen LogP contribution >= 0.6 is 0 Å². The number of allylic oxidation sites excluding steroid dienone is 2. The molecular weight excluding hydrogens is 1420 g/mol. The third kappa shape index (κ3) is 14.0. The van der Waals surface area contributed by atoms with Crippen LogP contribution < -0.4 is 0 Å². The van der Waals surface area contributed by atoms with E-state index in [1.54, 1.807) is 6.92 Å². The van der Waals surface area contributed by atoms with E-state index in [1.807, 2.05) is 0 Å². The molecule has 0 amide bonds. The Labute approximate surface area is 610 Å². The van der Waals surface area contributed by atoms with Crippen molar-refractivity contribution in [1.82, 2.24) is 0 Å². The number of hydrogen-bond donors (Lipinski definition) is 19. The molecule has 12 aliphatic rings. The van der Waals surface area contributed by atoms with Crippen molar-refractivity contribution in [3.8, 4) is 0 Å². The molecule has 0 spiro atoms. The number of carboxylic acids is 1. The summed E-state index contributed by atoms with van der Waals surface area (Å²) in [4.78, 5) is 43.1. The molecule has 106 heavy (non-hydrogen) atoms. The van der Waals surface area contributed by atoms with E-state index in [-0.39, 0.29) is 25.2 Å². The Morgan fingerprint density at radius 3 is 1.61 bits per heavy atom. The molecule has 0 aromatic heterocycles. The fourth-order valence-electron chi connectivity index (χ4n) is 20.2. The van der Waals surface area contributed by atoms with Gasteiger partial charge in [0, 0.05) is 0 Å². The smallest absolute Gasteiger partial charge is 0.335 e. The number of esters is 1. The van der Waals surface area contributed by atoms with Crippen molar-refractivity contribution in [3.63, 3.8) is 0 Å². The average Bonchev–Trinajstić information content (AvgIpc) is 0.670. The van der Waals surface area contributed by atoms with E-state index >= 15 is 4.79 Å². The lowest BCUT2D eigenvalue weighted by molar-refractivity contribution is -0.391. The fourth-order valence-corrected chi connectivity index (χ4v) is 20.2. The van der Waals surface area contributed by atoms with Crippen molar-refractivity contribution in [1.29, 1.82) is 0 Å². The van der Waals surface area contributed by atoms with Gasteiger partial charge in [-0.3, -0.25) is 4.79 Å². The van der Waals surface area contributed by atoms with Crippen LogP contribution in [0.3, 0.4) is 0 Å². The summed E-state index contributed by atoms with van der Waals surface area (Å²) < 4.78 is 84.5. The number of aliphatic hydroxyl groups is 18. The topological polar surface area (TPSA) is 565 Å². The van der Waals surface area contributed by atoms with Crippen molar-refractivity contribution in [2.45, 2.75) is 335 Å². The molecule has 16 unspecified atom stereocenters. The van der Waals surface area contributed by atoms with E-state index in [2.05, 4.69) is 40.7 Å². The minimum Gasteiger partial charge on any atom is -0.479 e. The molecule has 43 atom stereocenters. The van der Waals surface area contributed by atoms with Crippen LogP contribution in [0.1, 0.15) is 120 Å². The normalized spacial score (nSPS) is 55.4. The Balaban J connectivity index is 0.806. The minimum absolute atomic E-state index is 0.0288. The Morgan fingerprint density at radius 1 is 0.491 bits per heavy atom. The van der Waals surface area contributed by atoms with Gasteiger partial charge in [0.2, 0.25) is 6.29 Å². The van der Waals surface area contributed by atoms with E-state index in [0.717, 1.165) is 11.9 Å². The number of hydrogen-bond acceptors (Lipinski definition) is 35. The SMILES string of the molecule is CC1OC(O[C@H]2[C@H](O)[C@@H](OC(=O)[C@@]34CCC(C)(C)C[C@@H]3C3=CCC5[C@]6(C)CC[C@@H](O[C@H]7O[C@@H](C(=O)O)[C@H](O)[C@@H](O[C@H]8OC[C@H](O)[C@@H](O)[C@@H]8O)[C@@H]7O[C@H]7O[C@@H](CO)[C@@H](O)[C@@H](O)[C@@H]7O)[C@](C)(C=O)C6CC[C@]5(C)[C@@]3(C)C[C@@H]4O)O[C@@H](C)[C@H]2OC2OC(C)C(OC3OCC(O)C(O)C3O)C(O)C2O)C(O)C(O)C1O. The third-order valence-electron chi connectivity index (χ3n) is 26.8. The molecule has 0 aromatic carbocycles. The third-order valence-corrected chi connectivity index (χ3v) is 26.8. The average molecular weight is 1530 g/mol. The Kier molecular flexibility index (Phi) is 24.0. The van der Waals surface area contributed by atoms with Gasteiger partial charge in [-0.15, -0.1) is 0 Å². The van der Waals surface area contributed by atoms with Crippen molar-refractivity contribution in [2.24, 2.45) is 50.2 Å². The van der Waals surface area contributed by atoms with Crippen molar-refractivity contribution in [3.05, 3.63) is 11.6 Å². The van der Waals surface area contributed by atoms with Crippen LogP contribution in [0.15, 0.2) is 11.6 Å². The summed E-state index contributed by atoms with van der Waals surface area (Å²) >= 11 is 0. The van der Waals surface area contributed by atoms with E-state index in [9.17, 15) is 107 Å². The molecule has 7 heterocycles. The lowest BCUT2D eigenvalue weighted by atomic mass is 9.33. The zero-order chi connectivity index (χ0) is 77.5. The number of aliphatic carboxylic acids is 1. The van der Waals surface area contributed by atoms with Gasteiger partial charge in [-0.25, -0.2) is 4.79 Å². The van der Waals surface area contributed by atoms with Crippen molar-refractivity contribution >= 4 is 18.2 Å². The molecule has 11 fully saturated rings. The number of carbonyl (C=O) groups excluding carboxylic acids is 2. The number of aldehydes is 1. The predicted octanol–water partition coefficient (Wildman–Crippen LogP) is -5.96. The second kappa shape index (κ2) is 30.8. The number of aliphatic hydroxyl groups excluding tert-OH is 18. The molecule has 606 valence electrons. The number of fused-ring (bicyclic) bond motifs is 7. The first kappa shape index (κ1) is 82.6. The molecule has 7 aliphatic heterocycles. The highest BCUT2D eigenvalue weighted by atomic mass is 16.8. The maximum atomic E-state index is 15.8. The molecular formula is C70H110O36. The lowest BCUT2D eigenvalue weighted by Crippen LogP contribution is -2.69. The van der Waals surface area contributed by atoms with Crippen LogP contribution in [0.25, 0.3) is 0 Å². The number of carbonyl (C=O) groups is 3. The summed E-state index contributed by atoms with van der Waals surface area (Å²) in [6, 6.07) is 0. The maximum absolute atomic E-state index is 15.8. The highest BCUT2D eigenvalue weighted by molar-refractivity contribution is 5.80. The van der Waals surface area contributed by atoms with Gasteiger partial charge in [-0.1, -0.05) is 53.2 Å². The van der Waals surface area contributed by atoms with Gasteiger partial charge in [0.25, 0.3) is 0 Å². The van der Waals surface area contributed by atoms with E-state index in [0.29, 0.717) is 38.5 Å². The largest absolute Gasteiger partial charge is 0.479 e.